The third kappa shape index (κ3) is 6.23. The van der Waals surface area contributed by atoms with Crippen molar-refractivity contribution in [2.24, 2.45) is 0 Å². The summed E-state index contributed by atoms with van der Waals surface area (Å²) >= 11 is 18.9. The smallest absolute Gasteiger partial charge is 0.254 e. The van der Waals surface area contributed by atoms with Crippen LogP contribution in [0.5, 0.6) is 0 Å². The quantitative estimate of drug-likeness (QED) is 0.229. The molecule has 0 fully saturated rings. The van der Waals surface area contributed by atoms with Crippen LogP contribution >= 0.6 is 34.8 Å². The number of carbonyl (C=O) groups excluding carboxylic acids is 2. The zero-order valence-electron chi connectivity index (χ0n) is 21.2. The highest BCUT2D eigenvalue weighted by Crippen LogP contribution is 2.41. The first-order chi connectivity index (χ1) is 18.2. The second-order valence-electron chi connectivity index (χ2n) is 9.06. The predicted octanol–water partition coefficient (Wildman–Crippen LogP) is 7.22. The van der Waals surface area contributed by atoms with E-state index >= 15 is 0 Å². The van der Waals surface area contributed by atoms with Crippen molar-refractivity contribution in [1.82, 2.24) is 15.3 Å². The van der Waals surface area contributed by atoms with E-state index in [1.807, 2.05) is 0 Å². The average molecular weight is 573 g/mol. The van der Waals surface area contributed by atoms with Gasteiger partial charge in [-0.2, -0.15) is 0 Å². The Morgan fingerprint density at radius 1 is 0.895 bits per heavy atom. The van der Waals surface area contributed by atoms with Crippen LogP contribution in [0.15, 0.2) is 71.1 Å². The number of rotatable bonds is 8. The number of halogens is 3. The Labute approximate surface area is 236 Å². The van der Waals surface area contributed by atoms with Crippen LogP contribution in [0, 0.1) is 0 Å². The van der Waals surface area contributed by atoms with Crippen molar-refractivity contribution in [2.45, 2.75) is 46.0 Å². The maximum atomic E-state index is 13.7. The molecule has 4 rings (SSSR count). The number of amides is 2. The monoisotopic (exact) mass is 571 g/mol. The van der Waals surface area contributed by atoms with Crippen LogP contribution in [0.3, 0.4) is 0 Å². The molecule has 0 unspecified atom stereocenters. The summed E-state index contributed by atoms with van der Waals surface area (Å²) in [5, 5.41) is 10.2. The molecule has 10 heteroatoms. The Morgan fingerprint density at radius 3 is 1.89 bits per heavy atom. The number of hydrogen-bond acceptors (Lipinski definition) is 4. The minimum absolute atomic E-state index is 0.213. The van der Waals surface area contributed by atoms with E-state index in [-0.39, 0.29) is 5.15 Å². The van der Waals surface area contributed by atoms with Crippen molar-refractivity contribution < 1.29 is 9.59 Å². The molecule has 3 aromatic rings. The van der Waals surface area contributed by atoms with E-state index < -0.39 is 17.7 Å². The molecule has 38 heavy (non-hydrogen) atoms. The van der Waals surface area contributed by atoms with Crippen LogP contribution in [0.1, 0.15) is 51.0 Å². The van der Waals surface area contributed by atoms with Crippen LogP contribution in [0.2, 0.25) is 15.2 Å². The van der Waals surface area contributed by atoms with Crippen molar-refractivity contribution in [1.29, 1.82) is 0 Å². The summed E-state index contributed by atoms with van der Waals surface area (Å²) in [6, 6.07) is 13.7. The number of allylic oxidation sites excluding steroid dienone is 2. The van der Waals surface area contributed by atoms with E-state index in [4.69, 9.17) is 34.8 Å². The van der Waals surface area contributed by atoms with Crippen LogP contribution in [-0.2, 0) is 16.0 Å². The summed E-state index contributed by atoms with van der Waals surface area (Å²) in [7, 11) is 0. The third-order valence-corrected chi connectivity index (χ3v) is 6.96. The molecule has 2 heterocycles. The Bertz CT molecular complexity index is 1360. The lowest BCUT2D eigenvalue weighted by Gasteiger charge is -2.30. The second kappa shape index (κ2) is 12.1. The summed E-state index contributed by atoms with van der Waals surface area (Å²) in [6.07, 6.45) is 2.60. The molecule has 7 nitrogen and oxygen atoms in total. The number of hydrogen-bond donors (Lipinski definition) is 4. The third-order valence-electron chi connectivity index (χ3n) is 6.20. The van der Waals surface area contributed by atoms with Crippen molar-refractivity contribution in [3.63, 3.8) is 0 Å². The van der Waals surface area contributed by atoms with Crippen LogP contribution < -0.4 is 16.0 Å². The first-order valence-electron chi connectivity index (χ1n) is 12.2. The topological polar surface area (TPSA) is 98.9 Å². The zero-order chi connectivity index (χ0) is 27.4. The highest BCUT2D eigenvalue weighted by Gasteiger charge is 2.39. The highest BCUT2D eigenvalue weighted by molar-refractivity contribution is 6.31. The van der Waals surface area contributed by atoms with Crippen molar-refractivity contribution >= 4 is 58.0 Å². The summed E-state index contributed by atoms with van der Waals surface area (Å²) in [5.74, 6) is -0.915. The first-order valence-corrected chi connectivity index (χ1v) is 13.4. The summed E-state index contributed by atoms with van der Waals surface area (Å²) in [6.45, 7) is 5.67. The van der Waals surface area contributed by atoms with Gasteiger partial charge >= 0.3 is 0 Å². The fourth-order valence-corrected chi connectivity index (χ4v) is 5.12. The Morgan fingerprint density at radius 2 is 1.42 bits per heavy atom. The largest absolute Gasteiger partial charge is 0.362 e. The average Bonchev–Trinajstić information content (AvgIpc) is 3.22. The summed E-state index contributed by atoms with van der Waals surface area (Å²) in [5.41, 5.74) is 3.37. The fourth-order valence-electron chi connectivity index (χ4n) is 4.48. The molecule has 0 spiro atoms. The number of aromatic amines is 1. The SMILES string of the molecule is CCCCc1nc(Cl)c(C2C(C(=O)Nc3cccc(Cl)c3)=C(C)NC(C)=C2C(=O)Nc2cccc(Cl)c2)[nH]1. The molecular formula is C28H28Cl3N5O2. The van der Waals surface area contributed by atoms with E-state index in [0.717, 1.165) is 12.8 Å². The van der Waals surface area contributed by atoms with Gasteiger partial charge in [0.15, 0.2) is 5.15 Å². The minimum Gasteiger partial charge on any atom is -0.362 e. The molecule has 1 aromatic heterocycles. The first kappa shape index (κ1) is 27.8. The van der Waals surface area contributed by atoms with E-state index in [0.29, 0.717) is 61.9 Å². The number of unbranched alkanes of at least 4 members (excludes halogenated alkanes) is 1. The Hall–Kier alpha value is -3.26. The minimum atomic E-state index is -0.815. The van der Waals surface area contributed by atoms with Crippen LogP contribution in [0.4, 0.5) is 11.4 Å². The molecule has 1 aliphatic rings. The predicted molar refractivity (Wildman–Crippen MR) is 154 cm³/mol. The maximum absolute atomic E-state index is 13.7. The van der Waals surface area contributed by atoms with Gasteiger partial charge in [0.2, 0.25) is 0 Å². The molecule has 2 amide bonds. The normalized spacial score (nSPS) is 13.9. The standard InChI is InChI=1S/C28H28Cl3N5O2/c1-4-5-12-21-35-25(26(31)36-21)24-22(27(37)33-19-10-6-8-17(29)13-19)15(2)32-16(3)23(24)28(38)34-20-11-7-9-18(30)14-20/h6-11,13-14,24,32H,4-5,12H2,1-3H3,(H,33,37)(H,34,38)(H,35,36). The number of carbonyl (C=O) groups is 2. The molecule has 2 aromatic carbocycles. The molecule has 1 aliphatic heterocycles. The maximum Gasteiger partial charge on any atom is 0.254 e. The van der Waals surface area contributed by atoms with Gasteiger partial charge < -0.3 is 20.9 Å². The number of aryl methyl sites for hydroxylation is 1. The van der Waals surface area contributed by atoms with E-state index in [9.17, 15) is 9.59 Å². The van der Waals surface area contributed by atoms with E-state index in [2.05, 4.69) is 32.8 Å². The number of aromatic nitrogens is 2. The lowest BCUT2D eigenvalue weighted by molar-refractivity contribution is -0.113. The van der Waals surface area contributed by atoms with Gasteiger partial charge in [0.25, 0.3) is 11.8 Å². The van der Waals surface area contributed by atoms with Gasteiger partial charge in [-0.3, -0.25) is 9.59 Å². The number of anilines is 2. The molecule has 0 saturated heterocycles. The number of nitrogens with zero attached hydrogens (tertiary/aromatic N) is 1. The van der Waals surface area contributed by atoms with Crippen molar-refractivity contribution in [3.8, 4) is 0 Å². The molecule has 0 radical (unpaired) electrons. The van der Waals surface area contributed by atoms with Crippen LogP contribution in [-0.4, -0.2) is 21.8 Å². The lowest BCUT2D eigenvalue weighted by atomic mass is 9.82. The molecule has 0 bridgehead atoms. The van der Waals surface area contributed by atoms with E-state index in [1.165, 1.54) is 0 Å². The number of dihydropyridines is 1. The number of H-pyrrole nitrogens is 1. The van der Waals surface area contributed by atoms with E-state index in [1.54, 1.807) is 62.4 Å². The van der Waals surface area contributed by atoms with Gasteiger partial charge in [-0.15, -0.1) is 0 Å². The van der Waals surface area contributed by atoms with Gasteiger partial charge in [-0.25, -0.2) is 4.98 Å². The number of imidazole rings is 1. The van der Waals surface area contributed by atoms with Crippen molar-refractivity contribution in [2.75, 3.05) is 10.6 Å². The molecule has 0 aliphatic carbocycles. The van der Waals surface area contributed by atoms with Gasteiger partial charge in [-0.05, 0) is 56.7 Å². The fraction of sp³-hybridized carbons (Fsp3) is 0.250. The molecule has 0 saturated carbocycles. The highest BCUT2D eigenvalue weighted by atomic mass is 35.5. The lowest BCUT2D eigenvalue weighted by Crippen LogP contribution is -2.35. The molecule has 198 valence electrons. The van der Waals surface area contributed by atoms with Gasteiger partial charge in [0.05, 0.1) is 11.6 Å². The van der Waals surface area contributed by atoms with Gasteiger partial charge in [-0.1, -0.05) is 60.3 Å². The molecule has 0 atom stereocenters. The second-order valence-corrected chi connectivity index (χ2v) is 10.3. The Kier molecular flexibility index (Phi) is 8.82. The molecular weight excluding hydrogens is 545 g/mol. The number of nitrogens with one attached hydrogen (secondary N) is 4. The van der Waals surface area contributed by atoms with Crippen LogP contribution in [0.25, 0.3) is 0 Å². The summed E-state index contributed by atoms with van der Waals surface area (Å²) in [4.78, 5) is 35.3. The summed E-state index contributed by atoms with van der Waals surface area (Å²) < 4.78 is 0. The van der Waals surface area contributed by atoms with Gasteiger partial charge in [0, 0.05) is 50.4 Å². The van der Waals surface area contributed by atoms with Crippen molar-refractivity contribution in [3.05, 3.63) is 97.8 Å². The Balaban J connectivity index is 1.78. The zero-order valence-corrected chi connectivity index (χ0v) is 23.5. The van der Waals surface area contributed by atoms with Gasteiger partial charge in [0.1, 0.15) is 5.82 Å². The number of benzene rings is 2. The molecule has 4 N–H and O–H groups in total.